The van der Waals surface area contributed by atoms with E-state index in [1.54, 1.807) is 0 Å². The summed E-state index contributed by atoms with van der Waals surface area (Å²) in [5, 5.41) is 18.2. The van der Waals surface area contributed by atoms with E-state index in [4.69, 9.17) is 10.8 Å². The predicted octanol–water partition coefficient (Wildman–Crippen LogP) is 1.23. The summed E-state index contributed by atoms with van der Waals surface area (Å²) in [6, 6.07) is 3.48. The molecule has 0 aliphatic heterocycles. The molecule has 0 heterocycles. The summed E-state index contributed by atoms with van der Waals surface area (Å²) in [4.78, 5) is 0. The fraction of sp³-hybridized carbons (Fsp3) is 0.333. The third kappa shape index (κ3) is 2.56. The van der Waals surface area contributed by atoms with Crippen LogP contribution in [-0.4, -0.2) is 22.7 Å². The summed E-state index contributed by atoms with van der Waals surface area (Å²) in [5.41, 5.74) is 4.83. The van der Waals surface area contributed by atoms with Gasteiger partial charge in [0.25, 0.3) is 5.92 Å². The molecule has 0 aliphatic rings. The van der Waals surface area contributed by atoms with E-state index in [9.17, 15) is 13.9 Å². The Morgan fingerprint density at radius 3 is 2.50 bits per heavy atom. The molecule has 0 atom stereocenters. The van der Waals surface area contributed by atoms with E-state index in [0.717, 1.165) is 12.1 Å². The molecule has 0 fully saturated rings. The lowest BCUT2D eigenvalue weighted by Crippen LogP contribution is -2.30. The van der Waals surface area contributed by atoms with Gasteiger partial charge in [0.05, 0.1) is 6.54 Å². The predicted molar refractivity (Wildman–Crippen MR) is 47.5 cm³/mol. The zero-order chi connectivity index (χ0) is 10.8. The Morgan fingerprint density at radius 2 is 1.93 bits per heavy atom. The van der Waals surface area contributed by atoms with Gasteiger partial charge in [-0.1, -0.05) is 0 Å². The number of rotatable bonds is 3. The normalized spacial score (nSPS) is 11.6. The van der Waals surface area contributed by atoms with Crippen LogP contribution in [-0.2, 0) is 6.42 Å². The lowest BCUT2D eigenvalue weighted by molar-refractivity contribution is 0.0109. The highest BCUT2D eigenvalue weighted by Crippen LogP contribution is 2.27. The van der Waals surface area contributed by atoms with E-state index in [1.165, 1.54) is 6.07 Å². The van der Waals surface area contributed by atoms with Gasteiger partial charge in [0.2, 0.25) is 0 Å². The first-order valence-corrected chi connectivity index (χ1v) is 4.03. The standard InChI is InChI=1S/C9H11F2NO2/c10-9(11,5-12)4-6-3-7(13)1-2-8(6)14/h1-3,13-14H,4-5,12H2. The smallest absolute Gasteiger partial charge is 0.264 e. The van der Waals surface area contributed by atoms with Gasteiger partial charge < -0.3 is 15.9 Å². The van der Waals surface area contributed by atoms with Crippen LogP contribution in [0, 0.1) is 0 Å². The number of phenols is 2. The quantitative estimate of drug-likeness (QED) is 0.647. The van der Waals surface area contributed by atoms with E-state index < -0.39 is 18.9 Å². The van der Waals surface area contributed by atoms with Crippen LogP contribution in [0.2, 0.25) is 0 Å². The number of nitrogens with two attached hydrogens (primary N) is 1. The molecule has 0 amide bonds. The molecule has 0 bridgehead atoms. The summed E-state index contributed by atoms with van der Waals surface area (Å²) in [6.07, 6.45) is -0.677. The van der Waals surface area contributed by atoms with E-state index in [2.05, 4.69) is 0 Å². The van der Waals surface area contributed by atoms with E-state index in [0.29, 0.717) is 0 Å². The molecule has 0 saturated heterocycles. The Hall–Kier alpha value is -1.36. The van der Waals surface area contributed by atoms with Crippen LogP contribution in [0.5, 0.6) is 11.5 Å². The van der Waals surface area contributed by atoms with Crippen LogP contribution >= 0.6 is 0 Å². The highest BCUT2D eigenvalue weighted by atomic mass is 19.3. The highest BCUT2D eigenvalue weighted by Gasteiger charge is 2.28. The van der Waals surface area contributed by atoms with Gasteiger partial charge in [-0.05, 0) is 18.2 Å². The number of benzene rings is 1. The van der Waals surface area contributed by atoms with Gasteiger partial charge in [-0.3, -0.25) is 0 Å². The first-order valence-electron chi connectivity index (χ1n) is 4.03. The molecule has 0 aromatic heterocycles. The molecule has 1 aromatic carbocycles. The third-order valence-electron chi connectivity index (χ3n) is 1.81. The lowest BCUT2D eigenvalue weighted by Gasteiger charge is -2.14. The molecule has 0 radical (unpaired) electrons. The zero-order valence-electron chi connectivity index (χ0n) is 7.37. The summed E-state index contributed by atoms with van der Waals surface area (Å²) in [6.45, 7) is -0.790. The van der Waals surface area contributed by atoms with Gasteiger partial charge in [-0.25, -0.2) is 8.78 Å². The minimum atomic E-state index is -3.06. The second-order valence-electron chi connectivity index (χ2n) is 3.05. The topological polar surface area (TPSA) is 66.5 Å². The van der Waals surface area contributed by atoms with Gasteiger partial charge >= 0.3 is 0 Å². The largest absolute Gasteiger partial charge is 0.508 e. The van der Waals surface area contributed by atoms with Crippen molar-refractivity contribution in [3.8, 4) is 11.5 Å². The third-order valence-corrected chi connectivity index (χ3v) is 1.81. The van der Waals surface area contributed by atoms with Crippen molar-refractivity contribution in [2.45, 2.75) is 12.3 Å². The molecule has 1 rings (SSSR count). The van der Waals surface area contributed by atoms with Crippen molar-refractivity contribution in [1.82, 2.24) is 0 Å². The fourth-order valence-electron chi connectivity index (χ4n) is 1.06. The molecule has 3 nitrogen and oxygen atoms in total. The van der Waals surface area contributed by atoms with Crippen LogP contribution in [0.1, 0.15) is 5.56 Å². The van der Waals surface area contributed by atoms with Gasteiger partial charge in [-0.15, -0.1) is 0 Å². The Kier molecular flexibility index (Phi) is 2.90. The average molecular weight is 203 g/mol. The second-order valence-corrected chi connectivity index (χ2v) is 3.05. The van der Waals surface area contributed by atoms with E-state index in [-0.39, 0.29) is 17.1 Å². The summed E-state index contributed by atoms with van der Waals surface area (Å²) in [5.74, 6) is -3.49. The van der Waals surface area contributed by atoms with Crippen LogP contribution in [0.3, 0.4) is 0 Å². The molecule has 0 unspecified atom stereocenters. The monoisotopic (exact) mass is 203 g/mol. The maximum Gasteiger partial charge on any atom is 0.264 e. The molecular weight excluding hydrogens is 192 g/mol. The first kappa shape index (κ1) is 10.7. The summed E-state index contributed by atoms with van der Waals surface area (Å²) >= 11 is 0. The van der Waals surface area contributed by atoms with Crippen LogP contribution in [0.25, 0.3) is 0 Å². The minimum absolute atomic E-state index is 0.0135. The Morgan fingerprint density at radius 1 is 1.29 bits per heavy atom. The number of halogens is 2. The van der Waals surface area contributed by atoms with Crippen molar-refractivity contribution >= 4 is 0 Å². The number of hydrogen-bond acceptors (Lipinski definition) is 3. The van der Waals surface area contributed by atoms with Gasteiger partial charge in [0.15, 0.2) is 0 Å². The highest BCUT2D eigenvalue weighted by molar-refractivity contribution is 5.39. The molecule has 78 valence electrons. The molecule has 14 heavy (non-hydrogen) atoms. The molecule has 5 heteroatoms. The van der Waals surface area contributed by atoms with Crippen molar-refractivity contribution in [3.63, 3.8) is 0 Å². The van der Waals surface area contributed by atoms with Crippen LogP contribution < -0.4 is 5.73 Å². The number of phenolic OH excluding ortho intramolecular Hbond substituents is 2. The van der Waals surface area contributed by atoms with Crippen molar-refractivity contribution in [2.75, 3.05) is 6.54 Å². The molecule has 1 aromatic rings. The lowest BCUT2D eigenvalue weighted by atomic mass is 10.1. The van der Waals surface area contributed by atoms with Crippen molar-refractivity contribution < 1.29 is 19.0 Å². The molecule has 0 saturated carbocycles. The number of alkyl halides is 2. The second kappa shape index (κ2) is 3.79. The van der Waals surface area contributed by atoms with Gasteiger partial charge in [0, 0.05) is 12.0 Å². The van der Waals surface area contributed by atoms with E-state index in [1.807, 2.05) is 0 Å². The Balaban J connectivity index is 2.91. The van der Waals surface area contributed by atoms with Crippen LogP contribution in [0.15, 0.2) is 18.2 Å². The van der Waals surface area contributed by atoms with Gasteiger partial charge in [-0.2, -0.15) is 0 Å². The molecular formula is C9H11F2NO2. The maximum atomic E-state index is 12.8. The van der Waals surface area contributed by atoms with Crippen molar-refractivity contribution in [2.24, 2.45) is 5.73 Å². The van der Waals surface area contributed by atoms with E-state index >= 15 is 0 Å². The molecule has 0 spiro atoms. The fourth-order valence-corrected chi connectivity index (χ4v) is 1.06. The molecule has 4 N–H and O–H groups in total. The number of hydrogen-bond donors (Lipinski definition) is 3. The SMILES string of the molecule is NCC(F)(F)Cc1cc(O)ccc1O. The first-order chi connectivity index (χ1) is 6.44. The summed E-state index contributed by atoms with van der Waals surface area (Å²) in [7, 11) is 0. The van der Waals surface area contributed by atoms with Crippen molar-refractivity contribution in [3.05, 3.63) is 23.8 Å². The maximum absolute atomic E-state index is 12.8. The van der Waals surface area contributed by atoms with Gasteiger partial charge in [0.1, 0.15) is 11.5 Å². The zero-order valence-corrected chi connectivity index (χ0v) is 7.37. The molecule has 0 aliphatic carbocycles. The Bertz CT molecular complexity index is 329. The summed E-state index contributed by atoms with van der Waals surface area (Å²) < 4.78 is 25.7. The number of aromatic hydroxyl groups is 2. The average Bonchev–Trinajstić information content (AvgIpc) is 2.11. The van der Waals surface area contributed by atoms with Crippen molar-refractivity contribution in [1.29, 1.82) is 0 Å². The van der Waals surface area contributed by atoms with Crippen LogP contribution in [0.4, 0.5) is 8.78 Å². The Labute approximate surface area is 79.8 Å². The minimum Gasteiger partial charge on any atom is -0.508 e.